The molecule has 0 radical (unpaired) electrons. The van der Waals surface area contributed by atoms with Crippen LogP contribution in [0.25, 0.3) is 0 Å². The Bertz CT molecular complexity index is 527. The molecular weight excluding hydrogens is 310 g/mol. The zero-order valence-corrected chi connectivity index (χ0v) is 12.6. The molecule has 0 aliphatic rings. The van der Waals surface area contributed by atoms with E-state index in [1.54, 1.807) is 12.1 Å². The maximum atomic E-state index is 6.42. The van der Waals surface area contributed by atoms with Crippen LogP contribution >= 0.6 is 46.4 Å². The van der Waals surface area contributed by atoms with Crippen LogP contribution in [0.1, 0.15) is 22.1 Å². The average Bonchev–Trinajstić information content (AvgIpc) is 2.35. The lowest BCUT2D eigenvalue weighted by molar-refractivity contribution is 1.14. The van der Waals surface area contributed by atoms with Gasteiger partial charge in [0.05, 0.1) is 15.4 Å². The Kier molecular flexibility index (Phi) is 4.45. The van der Waals surface area contributed by atoms with Crippen LogP contribution in [-0.2, 0) is 0 Å². The molecule has 0 aliphatic heterocycles. The summed E-state index contributed by atoms with van der Waals surface area (Å²) in [5, 5.41) is 1.43. The van der Waals surface area contributed by atoms with Gasteiger partial charge in [0.2, 0.25) is 0 Å². The van der Waals surface area contributed by atoms with Gasteiger partial charge in [0.1, 0.15) is 0 Å². The summed E-state index contributed by atoms with van der Waals surface area (Å²) in [7, 11) is 0. The third-order valence-corrected chi connectivity index (χ3v) is 4.38. The summed E-state index contributed by atoms with van der Waals surface area (Å²) in [6.07, 6.45) is 0. The molecule has 0 aromatic heterocycles. The van der Waals surface area contributed by atoms with Crippen LogP contribution in [-0.4, -0.2) is 0 Å². The van der Waals surface area contributed by atoms with Crippen molar-refractivity contribution in [1.29, 1.82) is 0 Å². The molecule has 0 bridgehead atoms. The monoisotopic (exact) mass is 318 g/mol. The van der Waals surface area contributed by atoms with Gasteiger partial charge in [-0.1, -0.05) is 53.0 Å². The SMILES string of the molecule is Cc1ccc(C(Cl)c2ccc(Cl)c(Cl)c2)cc1Cl. The van der Waals surface area contributed by atoms with E-state index in [-0.39, 0.29) is 5.38 Å². The zero-order chi connectivity index (χ0) is 13.3. The summed E-state index contributed by atoms with van der Waals surface area (Å²) < 4.78 is 0. The van der Waals surface area contributed by atoms with Crippen LogP contribution < -0.4 is 0 Å². The molecular formula is C14H10Cl4. The lowest BCUT2D eigenvalue weighted by Crippen LogP contribution is -1.94. The van der Waals surface area contributed by atoms with E-state index in [1.807, 2.05) is 31.2 Å². The highest BCUT2D eigenvalue weighted by Crippen LogP contribution is 2.34. The summed E-state index contributed by atoms with van der Waals surface area (Å²) in [6, 6.07) is 11.2. The Labute approximate surface area is 126 Å². The van der Waals surface area contributed by atoms with Gasteiger partial charge in [-0.05, 0) is 41.8 Å². The van der Waals surface area contributed by atoms with Gasteiger partial charge in [0, 0.05) is 5.02 Å². The number of alkyl halides is 1. The first-order valence-electron chi connectivity index (χ1n) is 5.34. The van der Waals surface area contributed by atoms with Gasteiger partial charge in [-0.2, -0.15) is 0 Å². The normalized spacial score (nSPS) is 12.5. The summed E-state index contributed by atoms with van der Waals surface area (Å²) in [4.78, 5) is 0. The van der Waals surface area contributed by atoms with Crippen molar-refractivity contribution in [3.8, 4) is 0 Å². The lowest BCUT2D eigenvalue weighted by atomic mass is 10.0. The maximum Gasteiger partial charge on any atom is 0.0836 e. The van der Waals surface area contributed by atoms with Crippen LogP contribution in [0.5, 0.6) is 0 Å². The van der Waals surface area contributed by atoms with Crippen molar-refractivity contribution >= 4 is 46.4 Å². The topological polar surface area (TPSA) is 0 Å². The van der Waals surface area contributed by atoms with E-state index in [1.165, 1.54) is 0 Å². The van der Waals surface area contributed by atoms with Gasteiger partial charge < -0.3 is 0 Å². The number of aryl methyl sites for hydroxylation is 1. The molecule has 0 fully saturated rings. The molecule has 18 heavy (non-hydrogen) atoms. The van der Waals surface area contributed by atoms with Crippen LogP contribution in [0, 0.1) is 6.92 Å². The smallest absolute Gasteiger partial charge is 0.0836 e. The number of rotatable bonds is 2. The molecule has 2 aromatic rings. The average molecular weight is 320 g/mol. The highest BCUT2D eigenvalue weighted by Gasteiger charge is 2.13. The van der Waals surface area contributed by atoms with E-state index in [0.717, 1.165) is 16.7 Å². The molecule has 1 unspecified atom stereocenters. The fourth-order valence-corrected chi connectivity index (χ4v) is 2.40. The molecule has 0 nitrogen and oxygen atoms in total. The summed E-state index contributed by atoms with van der Waals surface area (Å²) in [5.74, 6) is 0. The van der Waals surface area contributed by atoms with E-state index in [9.17, 15) is 0 Å². The first-order chi connectivity index (χ1) is 8.49. The minimum absolute atomic E-state index is 0.294. The van der Waals surface area contributed by atoms with E-state index < -0.39 is 0 Å². The first-order valence-corrected chi connectivity index (χ1v) is 6.91. The molecule has 4 heteroatoms. The van der Waals surface area contributed by atoms with Crippen molar-refractivity contribution in [3.63, 3.8) is 0 Å². The lowest BCUT2D eigenvalue weighted by Gasteiger charge is -2.12. The van der Waals surface area contributed by atoms with Crippen molar-refractivity contribution in [2.45, 2.75) is 12.3 Å². The summed E-state index contributed by atoms with van der Waals surface area (Å²) >= 11 is 24.4. The summed E-state index contributed by atoms with van der Waals surface area (Å²) in [5.41, 5.74) is 2.86. The van der Waals surface area contributed by atoms with Gasteiger partial charge in [-0.3, -0.25) is 0 Å². The number of benzene rings is 2. The van der Waals surface area contributed by atoms with E-state index >= 15 is 0 Å². The van der Waals surface area contributed by atoms with E-state index in [4.69, 9.17) is 46.4 Å². The van der Waals surface area contributed by atoms with Crippen molar-refractivity contribution in [1.82, 2.24) is 0 Å². The van der Waals surface area contributed by atoms with Crippen molar-refractivity contribution in [3.05, 3.63) is 68.2 Å². The second-order valence-electron chi connectivity index (χ2n) is 4.04. The fraction of sp³-hybridized carbons (Fsp3) is 0.143. The highest BCUT2D eigenvalue weighted by molar-refractivity contribution is 6.42. The van der Waals surface area contributed by atoms with Crippen molar-refractivity contribution in [2.24, 2.45) is 0 Å². The second kappa shape index (κ2) is 5.71. The Hall–Kier alpha value is -0.400. The Morgan fingerprint density at radius 3 is 1.89 bits per heavy atom. The molecule has 0 saturated heterocycles. The number of hydrogen-bond acceptors (Lipinski definition) is 0. The molecule has 0 spiro atoms. The van der Waals surface area contributed by atoms with Crippen molar-refractivity contribution in [2.75, 3.05) is 0 Å². The Balaban J connectivity index is 2.37. The third kappa shape index (κ3) is 2.95. The van der Waals surface area contributed by atoms with Crippen LogP contribution in [0.2, 0.25) is 15.1 Å². The van der Waals surface area contributed by atoms with Crippen molar-refractivity contribution < 1.29 is 0 Å². The van der Waals surface area contributed by atoms with Gasteiger partial charge in [-0.25, -0.2) is 0 Å². The predicted molar refractivity (Wildman–Crippen MR) is 80.3 cm³/mol. The molecule has 2 aromatic carbocycles. The molecule has 0 heterocycles. The standard InChI is InChI=1S/C14H10Cl4/c1-8-2-3-9(6-12(8)16)14(18)10-4-5-11(15)13(17)7-10/h2-7,14H,1H3. The number of hydrogen-bond donors (Lipinski definition) is 0. The van der Waals surface area contributed by atoms with Gasteiger partial charge in [0.15, 0.2) is 0 Å². The molecule has 2 rings (SSSR count). The molecule has 0 saturated carbocycles. The third-order valence-electron chi connectivity index (χ3n) is 2.72. The molecule has 0 amide bonds. The van der Waals surface area contributed by atoms with Crippen LogP contribution in [0.4, 0.5) is 0 Å². The zero-order valence-electron chi connectivity index (χ0n) is 9.55. The second-order valence-corrected chi connectivity index (χ2v) is 5.70. The quantitative estimate of drug-likeness (QED) is 0.571. The van der Waals surface area contributed by atoms with E-state index in [2.05, 4.69) is 0 Å². The highest BCUT2D eigenvalue weighted by atomic mass is 35.5. The predicted octanol–water partition coefficient (Wildman–Crippen LogP) is 6.28. The minimum atomic E-state index is -0.294. The van der Waals surface area contributed by atoms with E-state index in [0.29, 0.717) is 15.1 Å². The molecule has 1 atom stereocenters. The molecule has 0 aliphatic carbocycles. The maximum absolute atomic E-state index is 6.42. The number of halogens is 4. The van der Waals surface area contributed by atoms with Crippen LogP contribution in [0.3, 0.4) is 0 Å². The Morgan fingerprint density at radius 2 is 1.33 bits per heavy atom. The molecule has 94 valence electrons. The van der Waals surface area contributed by atoms with Gasteiger partial charge >= 0.3 is 0 Å². The summed E-state index contributed by atoms with van der Waals surface area (Å²) in [6.45, 7) is 1.95. The van der Waals surface area contributed by atoms with Gasteiger partial charge in [0.25, 0.3) is 0 Å². The Morgan fingerprint density at radius 1 is 0.778 bits per heavy atom. The fourth-order valence-electron chi connectivity index (χ4n) is 1.63. The largest absolute Gasteiger partial charge is 0.113 e. The molecule has 0 N–H and O–H groups in total. The minimum Gasteiger partial charge on any atom is -0.113 e. The van der Waals surface area contributed by atoms with Crippen LogP contribution in [0.15, 0.2) is 36.4 Å². The first kappa shape index (κ1) is 14.0. The van der Waals surface area contributed by atoms with Gasteiger partial charge in [-0.15, -0.1) is 11.6 Å².